The molecule has 2 fully saturated rings. The van der Waals surface area contributed by atoms with E-state index in [0.717, 1.165) is 24.8 Å². The fourth-order valence-corrected chi connectivity index (χ4v) is 5.63. The molecule has 0 amide bonds. The minimum Gasteiger partial charge on any atom is -0.427 e. The Bertz CT molecular complexity index is 756. The molecule has 1 aromatic carbocycles. The average molecular weight is 344 g/mol. The molecular weight excluding hydrogens is 320 g/mol. The van der Waals surface area contributed by atoms with Gasteiger partial charge in [0.1, 0.15) is 17.1 Å². The smallest absolute Gasteiger partial charge is 0.308 e. The molecule has 3 aliphatic rings. The molecule has 5 heteroatoms. The number of aliphatic hydroxyl groups excluding tert-OH is 1. The standard InChI is InChI=1S/C20H24O5/c1-11(21)25-13-4-6-14-12(9-13)3-5-16-15-7-8-17(22)19(15,2)10-18(23)20(14,16)24/h4,6,9,15-16,18,23-24H,3,5,7-8,10H2,1-2H3/t15-,16+,18+,19+,20+/m0/s1. The van der Waals surface area contributed by atoms with Crippen molar-refractivity contribution >= 4 is 11.8 Å². The van der Waals surface area contributed by atoms with Crippen molar-refractivity contribution in [1.29, 1.82) is 0 Å². The molecule has 3 aliphatic carbocycles. The third kappa shape index (κ3) is 2.22. The van der Waals surface area contributed by atoms with Crippen molar-refractivity contribution in [2.45, 2.75) is 57.7 Å². The molecule has 0 unspecified atom stereocenters. The zero-order valence-electron chi connectivity index (χ0n) is 14.6. The number of benzene rings is 1. The lowest BCUT2D eigenvalue weighted by atomic mass is 9.52. The number of fused-ring (bicyclic) bond motifs is 5. The maximum absolute atomic E-state index is 12.4. The van der Waals surface area contributed by atoms with E-state index < -0.39 is 17.1 Å². The second-order valence-corrected chi connectivity index (χ2v) is 8.09. The molecule has 2 N–H and O–H groups in total. The lowest BCUT2D eigenvalue weighted by molar-refractivity contribution is -0.197. The first-order chi connectivity index (χ1) is 11.8. The lowest BCUT2D eigenvalue weighted by Gasteiger charge is -2.55. The number of carbonyl (C=O) groups is 2. The highest BCUT2D eigenvalue weighted by atomic mass is 16.5. The Morgan fingerprint density at radius 3 is 2.68 bits per heavy atom. The van der Waals surface area contributed by atoms with Gasteiger partial charge in [0.2, 0.25) is 0 Å². The highest BCUT2D eigenvalue weighted by Crippen LogP contribution is 2.61. The average Bonchev–Trinajstić information content (AvgIpc) is 2.82. The Kier molecular flexibility index (Phi) is 3.61. The van der Waals surface area contributed by atoms with Gasteiger partial charge < -0.3 is 14.9 Å². The van der Waals surface area contributed by atoms with E-state index in [4.69, 9.17) is 4.74 Å². The SMILES string of the molecule is CC(=O)Oc1ccc2c(c1)CC[C@@H]1[C@@H]3CCC(=O)[C@]3(C)C[C@@H](O)[C@@]21O. The van der Waals surface area contributed by atoms with Crippen LogP contribution in [0.25, 0.3) is 0 Å². The Morgan fingerprint density at radius 1 is 1.24 bits per heavy atom. The third-order valence-corrected chi connectivity index (χ3v) is 6.81. The van der Waals surface area contributed by atoms with E-state index in [2.05, 4.69) is 0 Å². The largest absolute Gasteiger partial charge is 0.427 e. The minimum atomic E-state index is -1.34. The maximum atomic E-state index is 12.4. The lowest BCUT2D eigenvalue weighted by Crippen LogP contribution is -2.59. The van der Waals surface area contributed by atoms with Gasteiger partial charge in [-0.3, -0.25) is 9.59 Å². The molecule has 134 valence electrons. The van der Waals surface area contributed by atoms with Gasteiger partial charge in [0.15, 0.2) is 0 Å². The van der Waals surface area contributed by atoms with Crippen LogP contribution in [0.5, 0.6) is 5.75 Å². The van der Waals surface area contributed by atoms with Crippen LogP contribution in [0.3, 0.4) is 0 Å². The predicted molar refractivity (Wildman–Crippen MR) is 89.9 cm³/mol. The van der Waals surface area contributed by atoms with Crippen molar-refractivity contribution in [3.63, 3.8) is 0 Å². The van der Waals surface area contributed by atoms with E-state index in [-0.39, 0.29) is 23.6 Å². The van der Waals surface area contributed by atoms with E-state index >= 15 is 0 Å². The summed E-state index contributed by atoms with van der Waals surface area (Å²) in [6, 6.07) is 5.22. The van der Waals surface area contributed by atoms with E-state index in [1.807, 2.05) is 6.92 Å². The van der Waals surface area contributed by atoms with Gasteiger partial charge in [0.25, 0.3) is 0 Å². The number of hydrogen-bond donors (Lipinski definition) is 2. The van der Waals surface area contributed by atoms with Gasteiger partial charge in [-0.05, 0) is 60.8 Å². The summed E-state index contributed by atoms with van der Waals surface area (Å²) < 4.78 is 5.15. The van der Waals surface area contributed by atoms with Crippen LogP contribution in [0.4, 0.5) is 0 Å². The first-order valence-corrected chi connectivity index (χ1v) is 9.02. The topological polar surface area (TPSA) is 83.8 Å². The molecule has 0 spiro atoms. The van der Waals surface area contributed by atoms with Crippen LogP contribution in [-0.4, -0.2) is 28.1 Å². The number of esters is 1. The van der Waals surface area contributed by atoms with Crippen LogP contribution in [0.15, 0.2) is 18.2 Å². The van der Waals surface area contributed by atoms with Gasteiger partial charge in [-0.15, -0.1) is 0 Å². The molecule has 0 aliphatic heterocycles. The first kappa shape index (κ1) is 16.7. The summed E-state index contributed by atoms with van der Waals surface area (Å²) in [5.74, 6) is 0.272. The summed E-state index contributed by atoms with van der Waals surface area (Å²) in [7, 11) is 0. The molecule has 4 rings (SSSR count). The second kappa shape index (κ2) is 5.39. The molecule has 0 aromatic heterocycles. The molecule has 5 atom stereocenters. The van der Waals surface area contributed by atoms with E-state index in [1.54, 1.807) is 18.2 Å². The van der Waals surface area contributed by atoms with Gasteiger partial charge in [0, 0.05) is 18.8 Å². The number of hydrogen-bond acceptors (Lipinski definition) is 5. The zero-order chi connectivity index (χ0) is 18.0. The second-order valence-electron chi connectivity index (χ2n) is 8.09. The number of Topliss-reactive ketones (excluding diaryl/α,β-unsaturated/α-hetero) is 1. The van der Waals surface area contributed by atoms with Crippen molar-refractivity contribution in [3.05, 3.63) is 29.3 Å². The fraction of sp³-hybridized carbons (Fsp3) is 0.600. The van der Waals surface area contributed by atoms with Crippen molar-refractivity contribution in [2.75, 3.05) is 0 Å². The summed E-state index contributed by atoms with van der Waals surface area (Å²) in [5, 5.41) is 22.4. The molecule has 0 heterocycles. The summed E-state index contributed by atoms with van der Waals surface area (Å²) in [5.41, 5.74) is -0.235. The Morgan fingerprint density at radius 2 is 1.96 bits per heavy atom. The van der Waals surface area contributed by atoms with Gasteiger partial charge in [-0.1, -0.05) is 13.0 Å². The van der Waals surface area contributed by atoms with Gasteiger partial charge in [0.05, 0.1) is 6.10 Å². The highest BCUT2D eigenvalue weighted by molar-refractivity contribution is 5.87. The normalized spacial score (nSPS) is 39.4. The zero-order valence-corrected chi connectivity index (χ0v) is 14.6. The van der Waals surface area contributed by atoms with Crippen molar-refractivity contribution in [3.8, 4) is 5.75 Å². The predicted octanol–water partition coefficient (Wildman–Crippen LogP) is 2.11. The maximum Gasteiger partial charge on any atom is 0.308 e. The van der Waals surface area contributed by atoms with E-state index in [0.29, 0.717) is 24.2 Å². The number of aryl methyl sites for hydroxylation is 1. The Balaban J connectivity index is 1.77. The summed E-state index contributed by atoms with van der Waals surface area (Å²) in [6.07, 6.45) is 2.12. The van der Waals surface area contributed by atoms with Gasteiger partial charge in [-0.25, -0.2) is 0 Å². The van der Waals surface area contributed by atoms with Crippen LogP contribution >= 0.6 is 0 Å². The quantitative estimate of drug-likeness (QED) is 0.602. The summed E-state index contributed by atoms with van der Waals surface area (Å²) >= 11 is 0. The van der Waals surface area contributed by atoms with Crippen LogP contribution in [-0.2, 0) is 21.6 Å². The monoisotopic (exact) mass is 344 g/mol. The molecule has 5 nitrogen and oxygen atoms in total. The minimum absolute atomic E-state index is 0.106. The van der Waals surface area contributed by atoms with Crippen molar-refractivity contribution in [1.82, 2.24) is 0 Å². The summed E-state index contributed by atoms with van der Waals surface area (Å²) in [4.78, 5) is 23.6. The Labute approximate surface area is 147 Å². The molecule has 0 radical (unpaired) electrons. The van der Waals surface area contributed by atoms with Crippen LogP contribution in [0.1, 0.15) is 50.7 Å². The number of ether oxygens (including phenoxy) is 1. The fourth-order valence-electron chi connectivity index (χ4n) is 5.63. The number of rotatable bonds is 1. The number of ketones is 1. The summed E-state index contributed by atoms with van der Waals surface area (Å²) in [6.45, 7) is 3.31. The van der Waals surface area contributed by atoms with Gasteiger partial charge in [-0.2, -0.15) is 0 Å². The molecule has 0 bridgehead atoms. The highest BCUT2D eigenvalue weighted by Gasteiger charge is 2.63. The Hall–Kier alpha value is -1.72. The molecule has 25 heavy (non-hydrogen) atoms. The van der Waals surface area contributed by atoms with E-state index in [9.17, 15) is 19.8 Å². The molecule has 0 saturated heterocycles. The molecule has 2 saturated carbocycles. The molecule has 1 aromatic rings. The van der Waals surface area contributed by atoms with Crippen LogP contribution < -0.4 is 4.74 Å². The van der Waals surface area contributed by atoms with Crippen LogP contribution in [0, 0.1) is 17.3 Å². The third-order valence-electron chi connectivity index (χ3n) is 6.81. The van der Waals surface area contributed by atoms with Crippen LogP contribution in [0.2, 0.25) is 0 Å². The molecular formula is C20H24O5. The van der Waals surface area contributed by atoms with E-state index in [1.165, 1.54) is 6.92 Å². The van der Waals surface area contributed by atoms with Crippen molar-refractivity contribution < 1.29 is 24.5 Å². The van der Waals surface area contributed by atoms with Crippen molar-refractivity contribution in [2.24, 2.45) is 17.3 Å². The number of carbonyl (C=O) groups excluding carboxylic acids is 2. The van der Waals surface area contributed by atoms with Gasteiger partial charge >= 0.3 is 5.97 Å². The first-order valence-electron chi connectivity index (χ1n) is 9.02. The number of aliphatic hydroxyl groups is 2.